The Labute approximate surface area is 161 Å². The van der Waals surface area contributed by atoms with Gasteiger partial charge in [0.05, 0.1) is 23.8 Å². The number of hydrogen-bond donors (Lipinski definition) is 0. The summed E-state index contributed by atoms with van der Waals surface area (Å²) in [5.74, 6) is -0.0732. The fourth-order valence-electron chi connectivity index (χ4n) is 2.28. The second-order valence-electron chi connectivity index (χ2n) is 5.54. The number of nitro groups is 1. The molecule has 1 heterocycles. The van der Waals surface area contributed by atoms with E-state index in [-0.39, 0.29) is 17.2 Å². The Morgan fingerprint density at radius 3 is 2.41 bits per heavy atom. The van der Waals surface area contributed by atoms with Gasteiger partial charge in [0.25, 0.3) is 0 Å². The van der Waals surface area contributed by atoms with E-state index in [9.17, 15) is 23.3 Å². The molecule has 0 unspecified atom stereocenters. The maximum atomic E-state index is 12.8. The predicted molar refractivity (Wildman–Crippen MR) is 94.2 cm³/mol. The van der Waals surface area contributed by atoms with E-state index in [0.29, 0.717) is 17.7 Å². The number of alkyl halides is 3. The lowest BCUT2D eigenvalue weighted by molar-refractivity contribution is -0.385. The number of aromatic nitrogens is 3. The van der Waals surface area contributed by atoms with E-state index < -0.39 is 22.4 Å². The molecule has 0 aliphatic heterocycles. The molecule has 9 nitrogen and oxygen atoms in total. The van der Waals surface area contributed by atoms with Gasteiger partial charge in [0, 0.05) is 6.07 Å². The van der Waals surface area contributed by atoms with Crippen molar-refractivity contribution in [3.05, 3.63) is 70.3 Å². The summed E-state index contributed by atoms with van der Waals surface area (Å²) in [6.45, 7) is 0. The lowest BCUT2D eigenvalue weighted by Crippen LogP contribution is -2.06. The number of rotatable bonds is 6. The quantitative estimate of drug-likeness (QED) is 0.349. The van der Waals surface area contributed by atoms with Crippen molar-refractivity contribution in [3.63, 3.8) is 0 Å². The monoisotopic (exact) mass is 407 g/mol. The third-order valence-electron chi connectivity index (χ3n) is 3.64. The van der Waals surface area contributed by atoms with Crippen molar-refractivity contribution in [2.45, 2.75) is 6.18 Å². The molecule has 2 aromatic carbocycles. The van der Waals surface area contributed by atoms with Crippen LogP contribution in [-0.2, 0) is 6.18 Å². The molecule has 150 valence electrons. The van der Waals surface area contributed by atoms with Crippen LogP contribution in [0.15, 0.2) is 54.2 Å². The fourth-order valence-corrected chi connectivity index (χ4v) is 2.28. The highest BCUT2D eigenvalue weighted by atomic mass is 19.4. The molecular formula is C17H12F3N5O4. The highest BCUT2D eigenvalue weighted by Crippen LogP contribution is 2.40. The molecule has 0 amide bonds. The zero-order chi connectivity index (χ0) is 21.0. The Bertz CT molecular complexity index is 1050. The van der Waals surface area contributed by atoms with Crippen molar-refractivity contribution in [3.8, 4) is 17.2 Å². The highest BCUT2D eigenvalue weighted by Gasteiger charge is 2.33. The number of halogens is 3. The van der Waals surface area contributed by atoms with Crippen LogP contribution in [0, 0.1) is 10.1 Å². The van der Waals surface area contributed by atoms with Gasteiger partial charge in [0.15, 0.2) is 11.5 Å². The standard InChI is InChI=1S/C17H12F3N5O4/c1-28-16-6-11(8-23-24-9-21-22-10-24)2-4-15(16)29-14-5-3-12(17(18,19)20)7-13(14)25(26)27/h2-10H,1H3/b23-8+. The van der Waals surface area contributed by atoms with Gasteiger partial charge in [0.1, 0.15) is 12.7 Å². The molecule has 0 spiro atoms. The molecule has 0 aliphatic carbocycles. The molecule has 29 heavy (non-hydrogen) atoms. The van der Waals surface area contributed by atoms with Gasteiger partial charge in [0.2, 0.25) is 5.75 Å². The van der Waals surface area contributed by atoms with Gasteiger partial charge < -0.3 is 9.47 Å². The number of nitro benzene ring substituents is 1. The Balaban J connectivity index is 1.90. The van der Waals surface area contributed by atoms with Crippen molar-refractivity contribution in [1.82, 2.24) is 14.9 Å². The van der Waals surface area contributed by atoms with E-state index in [1.165, 1.54) is 36.7 Å². The molecule has 3 rings (SSSR count). The first-order valence-corrected chi connectivity index (χ1v) is 7.88. The normalized spacial score (nSPS) is 11.6. The molecule has 0 fully saturated rings. The predicted octanol–water partition coefficient (Wildman–Crippen LogP) is 3.89. The lowest BCUT2D eigenvalue weighted by Gasteiger charge is -2.12. The van der Waals surface area contributed by atoms with Crippen LogP contribution in [-0.4, -0.2) is 33.1 Å². The third-order valence-corrected chi connectivity index (χ3v) is 3.64. The second-order valence-corrected chi connectivity index (χ2v) is 5.54. The summed E-state index contributed by atoms with van der Waals surface area (Å²) in [6.07, 6.45) is -0.465. The van der Waals surface area contributed by atoms with E-state index in [4.69, 9.17) is 9.47 Å². The molecule has 0 radical (unpaired) electrons. The van der Waals surface area contributed by atoms with Crippen molar-refractivity contribution in [2.75, 3.05) is 7.11 Å². The minimum Gasteiger partial charge on any atom is -0.493 e. The van der Waals surface area contributed by atoms with Crippen LogP contribution in [0.3, 0.4) is 0 Å². The van der Waals surface area contributed by atoms with Gasteiger partial charge >= 0.3 is 11.9 Å². The Morgan fingerprint density at radius 2 is 1.79 bits per heavy atom. The molecule has 3 aromatic rings. The van der Waals surface area contributed by atoms with Gasteiger partial charge in [-0.2, -0.15) is 18.3 Å². The lowest BCUT2D eigenvalue weighted by atomic mass is 10.1. The topological polar surface area (TPSA) is 105 Å². The maximum absolute atomic E-state index is 12.8. The molecule has 0 aliphatic rings. The van der Waals surface area contributed by atoms with Gasteiger partial charge in [-0.05, 0) is 35.9 Å². The number of ether oxygens (including phenoxy) is 2. The first-order chi connectivity index (χ1) is 13.8. The van der Waals surface area contributed by atoms with Crippen molar-refractivity contribution in [2.24, 2.45) is 5.10 Å². The molecule has 0 atom stereocenters. The number of hydrogen-bond acceptors (Lipinski definition) is 7. The second kappa shape index (κ2) is 7.96. The Morgan fingerprint density at radius 1 is 1.10 bits per heavy atom. The SMILES string of the molecule is COc1cc(/C=N/n2cnnc2)ccc1Oc1ccc(C(F)(F)F)cc1[N+](=O)[O-]. The van der Waals surface area contributed by atoms with Crippen molar-refractivity contribution in [1.29, 1.82) is 0 Å². The maximum Gasteiger partial charge on any atom is 0.416 e. The van der Waals surface area contributed by atoms with Crippen LogP contribution >= 0.6 is 0 Å². The summed E-state index contributed by atoms with van der Waals surface area (Å²) >= 11 is 0. The van der Waals surface area contributed by atoms with Gasteiger partial charge in [-0.1, -0.05) is 0 Å². The van der Waals surface area contributed by atoms with E-state index in [1.54, 1.807) is 12.1 Å². The van der Waals surface area contributed by atoms with E-state index in [1.807, 2.05) is 0 Å². The van der Waals surface area contributed by atoms with E-state index >= 15 is 0 Å². The van der Waals surface area contributed by atoms with E-state index in [0.717, 1.165) is 6.07 Å². The summed E-state index contributed by atoms with van der Waals surface area (Å²) in [6, 6.07) is 6.59. The van der Waals surface area contributed by atoms with Crippen molar-refractivity contribution < 1.29 is 27.6 Å². The molecular weight excluding hydrogens is 395 g/mol. The third kappa shape index (κ3) is 4.66. The fraction of sp³-hybridized carbons (Fsp3) is 0.118. The van der Waals surface area contributed by atoms with Crippen LogP contribution < -0.4 is 9.47 Å². The van der Waals surface area contributed by atoms with Gasteiger partial charge in [-0.15, -0.1) is 10.2 Å². The summed E-state index contributed by atoms with van der Waals surface area (Å²) in [4.78, 5) is 10.2. The van der Waals surface area contributed by atoms with Crippen LogP contribution in [0.25, 0.3) is 0 Å². The number of benzene rings is 2. The van der Waals surface area contributed by atoms with Gasteiger partial charge in [-0.25, -0.2) is 4.68 Å². The van der Waals surface area contributed by atoms with Gasteiger partial charge in [-0.3, -0.25) is 10.1 Å². The number of methoxy groups -OCH3 is 1. The first-order valence-electron chi connectivity index (χ1n) is 7.88. The van der Waals surface area contributed by atoms with Crippen molar-refractivity contribution >= 4 is 11.9 Å². The summed E-state index contributed by atoms with van der Waals surface area (Å²) < 4.78 is 50.5. The molecule has 0 N–H and O–H groups in total. The average molecular weight is 407 g/mol. The molecule has 1 aromatic heterocycles. The smallest absolute Gasteiger partial charge is 0.416 e. The van der Waals surface area contributed by atoms with Crippen LogP contribution in [0.4, 0.5) is 18.9 Å². The summed E-state index contributed by atoms with van der Waals surface area (Å²) in [7, 11) is 1.35. The minimum absolute atomic E-state index is 0.0804. The first kappa shape index (κ1) is 19.8. The molecule has 12 heteroatoms. The Kier molecular flexibility index (Phi) is 5.43. The zero-order valence-electron chi connectivity index (χ0n) is 14.7. The zero-order valence-corrected chi connectivity index (χ0v) is 14.7. The number of nitrogens with zero attached hydrogens (tertiary/aromatic N) is 5. The largest absolute Gasteiger partial charge is 0.493 e. The summed E-state index contributed by atoms with van der Waals surface area (Å²) in [5.41, 5.74) is -1.37. The Hall–Kier alpha value is -3.96. The van der Waals surface area contributed by atoms with Crippen LogP contribution in [0.5, 0.6) is 17.2 Å². The minimum atomic E-state index is -4.72. The summed E-state index contributed by atoms with van der Waals surface area (Å²) in [5, 5.41) is 22.5. The highest BCUT2D eigenvalue weighted by molar-refractivity contribution is 5.80. The molecule has 0 saturated heterocycles. The van der Waals surface area contributed by atoms with Crippen LogP contribution in [0.1, 0.15) is 11.1 Å². The average Bonchev–Trinajstić information content (AvgIpc) is 3.20. The molecule has 0 saturated carbocycles. The molecule has 0 bridgehead atoms. The van der Waals surface area contributed by atoms with E-state index in [2.05, 4.69) is 15.3 Å². The van der Waals surface area contributed by atoms with Crippen LogP contribution in [0.2, 0.25) is 0 Å².